The fourth-order valence-corrected chi connectivity index (χ4v) is 1.21. The summed E-state index contributed by atoms with van der Waals surface area (Å²) in [5, 5.41) is 10.7. The maximum Gasteiger partial charge on any atom is 0.245 e. The van der Waals surface area contributed by atoms with Crippen LogP contribution >= 0.6 is 11.6 Å². The van der Waals surface area contributed by atoms with Crippen LogP contribution in [0.5, 0.6) is 0 Å². The van der Waals surface area contributed by atoms with E-state index in [0.29, 0.717) is 10.7 Å². The van der Waals surface area contributed by atoms with Crippen molar-refractivity contribution < 1.29 is 4.39 Å². The molecule has 1 aromatic carbocycles. The van der Waals surface area contributed by atoms with Crippen LogP contribution in [0, 0.1) is 5.82 Å². The van der Waals surface area contributed by atoms with E-state index in [9.17, 15) is 4.39 Å². The minimum Gasteiger partial charge on any atom is -0.366 e. The third-order valence-electron chi connectivity index (χ3n) is 1.63. The second kappa shape index (κ2) is 3.22. The number of anilines is 1. The zero-order chi connectivity index (χ0) is 10.1. The van der Waals surface area contributed by atoms with Crippen molar-refractivity contribution in [3.05, 3.63) is 29.0 Å². The molecule has 0 spiro atoms. The van der Waals surface area contributed by atoms with Crippen molar-refractivity contribution in [3.63, 3.8) is 0 Å². The number of nitrogens with two attached hydrogens (primary N) is 1. The van der Waals surface area contributed by atoms with Crippen molar-refractivity contribution in [2.24, 2.45) is 0 Å². The summed E-state index contributed by atoms with van der Waals surface area (Å²) in [4.78, 5) is 0. The fourth-order valence-electron chi connectivity index (χ4n) is 1.01. The van der Waals surface area contributed by atoms with Crippen LogP contribution in [0.3, 0.4) is 0 Å². The summed E-state index contributed by atoms with van der Waals surface area (Å²) in [5.74, 6) is -0.378. The van der Waals surface area contributed by atoms with E-state index in [2.05, 4.69) is 15.5 Å². The molecule has 7 heteroatoms. The van der Waals surface area contributed by atoms with Crippen LogP contribution < -0.4 is 5.73 Å². The van der Waals surface area contributed by atoms with E-state index < -0.39 is 5.82 Å². The minimum absolute atomic E-state index is 0.0532. The topological polar surface area (TPSA) is 69.6 Å². The summed E-state index contributed by atoms with van der Waals surface area (Å²) in [5.41, 5.74) is 5.75. The molecular weight excluding hydrogens is 209 g/mol. The quantitative estimate of drug-likeness (QED) is 0.768. The smallest absolute Gasteiger partial charge is 0.245 e. The molecule has 0 fully saturated rings. The average molecular weight is 214 g/mol. The zero-order valence-corrected chi connectivity index (χ0v) is 7.61. The molecule has 0 aliphatic rings. The van der Waals surface area contributed by atoms with Crippen LogP contribution in [0.1, 0.15) is 0 Å². The number of rotatable bonds is 1. The molecule has 0 saturated heterocycles. The monoisotopic (exact) mass is 213 g/mol. The minimum atomic E-state index is -0.431. The summed E-state index contributed by atoms with van der Waals surface area (Å²) in [7, 11) is 0. The number of hydrogen-bond acceptors (Lipinski definition) is 4. The van der Waals surface area contributed by atoms with Crippen molar-refractivity contribution in [1.82, 2.24) is 20.2 Å². The summed E-state index contributed by atoms with van der Waals surface area (Å²) in [6.07, 6.45) is 0. The molecule has 2 rings (SSSR count). The Balaban J connectivity index is 2.62. The van der Waals surface area contributed by atoms with E-state index in [1.54, 1.807) is 0 Å². The lowest BCUT2D eigenvalue weighted by atomic mass is 10.3. The van der Waals surface area contributed by atoms with Crippen molar-refractivity contribution in [3.8, 4) is 5.69 Å². The van der Waals surface area contributed by atoms with Gasteiger partial charge in [-0.2, -0.15) is 4.68 Å². The number of benzene rings is 1. The van der Waals surface area contributed by atoms with Crippen LogP contribution in [0.2, 0.25) is 5.02 Å². The lowest BCUT2D eigenvalue weighted by molar-refractivity contribution is 0.625. The molecule has 1 aromatic heterocycles. The number of hydrogen-bond donors (Lipinski definition) is 1. The van der Waals surface area contributed by atoms with E-state index in [0.717, 1.165) is 4.68 Å². The first-order chi connectivity index (χ1) is 6.68. The Bertz CT molecular complexity index is 469. The Morgan fingerprint density at radius 3 is 2.86 bits per heavy atom. The van der Waals surface area contributed by atoms with Gasteiger partial charge < -0.3 is 5.73 Å². The molecule has 5 nitrogen and oxygen atoms in total. The maximum absolute atomic E-state index is 12.9. The first-order valence-electron chi connectivity index (χ1n) is 3.68. The zero-order valence-electron chi connectivity index (χ0n) is 6.85. The van der Waals surface area contributed by atoms with Gasteiger partial charge in [0.15, 0.2) is 0 Å². The third-order valence-corrected chi connectivity index (χ3v) is 1.95. The van der Waals surface area contributed by atoms with E-state index in [1.807, 2.05) is 0 Å². The van der Waals surface area contributed by atoms with Crippen molar-refractivity contribution in [2.45, 2.75) is 0 Å². The highest BCUT2D eigenvalue weighted by atomic mass is 35.5. The first-order valence-corrected chi connectivity index (χ1v) is 4.05. The molecule has 0 unspecified atom stereocenters. The predicted molar refractivity (Wildman–Crippen MR) is 48.5 cm³/mol. The summed E-state index contributed by atoms with van der Waals surface area (Å²) >= 11 is 5.82. The van der Waals surface area contributed by atoms with Gasteiger partial charge in [-0.15, -0.1) is 0 Å². The number of nitrogens with zero attached hydrogens (tertiary/aromatic N) is 4. The molecule has 14 heavy (non-hydrogen) atoms. The second-order valence-corrected chi connectivity index (χ2v) is 2.95. The molecule has 0 radical (unpaired) electrons. The molecule has 1 heterocycles. The van der Waals surface area contributed by atoms with Gasteiger partial charge in [0, 0.05) is 6.07 Å². The number of tetrazole rings is 1. The lowest BCUT2D eigenvalue weighted by Crippen LogP contribution is -2.03. The largest absolute Gasteiger partial charge is 0.366 e. The summed E-state index contributed by atoms with van der Waals surface area (Å²) in [6.45, 7) is 0. The first kappa shape index (κ1) is 8.89. The average Bonchev–Trinajstić information content (AvgIpc) is 2.56. The standard InChI is InChI=1S/C7H5ClFN5/c8-5-2-1-4(9)3-6(5)14-7(10)11-12-13-14/h1-3H,(H2,10,11,13). The molecule has 72 valence electrons. The van der Waals surface area contributed by atoms with Gasteiger partial charge in [0.05, 0.1) is 10.7 Å². The van der Waals surface area contributed by atoms with Gasteiger partial charge in [-0.25, -0.2) is 4.39 Å². The van der Waals surface area contributed by atoms with Crippen LogP contribution in [0.15, 0.2) is 18.2 Å². The number of nitrogen functional groups attached to an aromatic ring is 1. The second-order valence-electron chi connectivity index (χ2n) is 2.54. The molecule has 0 saturated carbocycles. The molecule has 0 atom stereocenters. The molecule has 0 bridgehead atoms. The van der Waals surface area contributed by atoms with Crippen LogP contribution in [0.4, 0.5) is 10.3 Å². The van der Waals surface area contributed by atoms with Gasteiger partial charge in [-0.1, -0.05) is 16.7 Å². The SMILES string of the molecule is Nc1nnnn1-c1cc(F)ccc1Cl. The van der Waals surface area contributed by atoms with Gasteiger partial charge in [0.2, 0.25) is 5.95 Å². The highest BCUT2D eigenvalue weighted by Gasteiger charge is 2.09. The van der Waals surface area contributed by atoms with E-state index >= 15 is 0 Å². The van der Waals surface area contributed by atoms with E-state index in [-0.39, 0.29) is 5.95 Å². The Morgan fingerprint density at radius 1 is 1.43 bits per heavy atom. The van der Waals surface area contributed by atoms with E-state index in [4.69, 9.17) is 17.3 Å². The highest BCUT2D eigenvalue weighted by molar-refractivity contribution is 6.32. The Hall–Kier alpha value is -1.69. The van der Waals surface area contributed by atoms with Crippen molar-refractivity contribution in [1.29, 1.82) is 0 Å². The fraction of sp³-hybridized carbons (Fsp3) is 0. The summed E-state index contributed by atoms with van der Waals surface area (Å²) < 4.78 is 14.0. The molecule has 2 aromatic rings. The highest BCUT2D eigenvalue weighted by Crippen LogP contribution is 2.21. The molecular formula is C7H5ClFN5. The molecule has 0 amide bonds. The maximum atomic E-state index is 12.9. The van der Waals surface area contributed by atoms with E-state index in [1.165, 1.54) is 18.2 Å². The van der Waals surface area contributed by atoms with Crippen molar-refractivity contribution in [2.75, 3.05) is 5.73 Å². The van der Waals surface area contributed by atoms with Gasteiger partial charge in [-0.3, -0.25) is 0 Å². The predicted octanol–water partition coefficient (Wildman–Crippen LogP) is 1.04. The van der Waals surface area contributed by atoms with Gasteiger partial charge >= 0.3 is 0 Å². The van der Waals surface area contributed by atoms with Gasteiger partial charge in [0.1, 0.15) is 5.82 Å². The Kier molecular flexibility index (Phi) is 2.05. The third kappa shape index (κ3) is 1.39. The number of halogens is 2. The van der Waals surface area contributed by atoms with Crippen molar-refractivity contribution >= 4 is 17.5 Å². The Morgan fingerprint density at radius 2 is 2.21 bits per heavy atom. The normalized spacial score (nSPS) is 10.4. The molecule has 0 aliphatic heterocycles. The Labute approximate surface area is 83.3 Å². The lowest BCUT2D eigenvalue weighted by Gasteiger charge is -2.03. The van der Waals surface area contributed by atoms with Gasteiger partial charge in [0.25, 0.3) is 0 Å². The number of aromatic nitrogens is 4. The molecule has 0 aliphatic carbocycles. The van der Waals surface area contributed by atoms with Gasteiger partial charge in [-0.05, 0) is 22.6 Å². The molecule has 2 N–H and O–H groups in total. The van der Waals surface area contributed by atoms with Crippen LogP contribution in [0.25, 0.3) is 5.69 Å². The van der Waals surface area contributed by atoms with Crippen LogP contribution in [-0.4, -0.2) is 20.2 Å². The van der Waals surface area contributed by atoms with Crippen LogP contribution in [-0.2, 0) is 0 Å². The summed E-state index contributed by atoms with van der Waals surface area (Å²) in [6, 6.07) is 3.86.